The summed E-state index contributed by atoms with van der Waals surface area (Å²) >= 11 is 0. The SMILES string of the molecule is COCCN(C)C[C@@H]1CO1. The van der Waals surface area contributed by atoms with Crippen LogP contribution in [0, 0.1) is 0 Å². The third-order valence-corrected chi connectivity index (χ3v) is 1.59. The zero-order valence-electron chi connectivity index (χ0n) is 6.67. The second kappa shape index (κ2) is 3.91. The van der Waals surface area contributed by atoms with Gasteiger partial charge in [0.2, 0.25) is 0 Å². The first-order valence-electron chi connectivity index (χ1n) is 3.62. The number of methoxy groups -OCH3 is 1. The van der Waals surface area contributed by atoms with Gasteiger partial charge in [0, 0.05) is 20.2 Å². The van der Waals surface area contributed by atoms with Crippen LogP contribution in [0.2, 0.25) is 0 Å². The number of epoxide rings is 1. The van der Waals surface area contributed by atoms with E-state index in [0.717, 1.165) is 26.3 Å². The number of rotatable bonds is 5. The molecule has 1 fully saturated rings. The smallest absolute Gasteiger partial charge is 0.0936 e. The summed E-state index contributed by atoms with van der Waals surface area (Å²) in [6, 6.07) is 0. The van der Waals surface area contributed by atoms with E-state index in [2.05, 4.69) is 11.9 Å². The molecule has 1 aliphatic rings. The van der Waals surface area contributed by atoms with Crippen LogP contribution in [0.3, 0.4) is 0 Å². The van der Waals surface area contributed by atoms with Crippen molar-refractivity contribution in [2.24, 2.45) is 0 Å². The van der Waals surface area contributed by atoms with Gasteiger partial charge in [-0.3, -0.25) is 0 Å². The zero-order chi connectivity index (χ0) is 7.40. The van der Waals surface area contributed by atoms with Crippen LogP contribution in [0.15, 0.2) is 0 Å². The van der Waals surface area contributed by atoms with Crippen molar-refractivity contribution in [1.29, 1.82) is 0 Å². The molecule has 0 amide bonds. The Morgan fingerprint density at radius 3 is 2.90 bits per heavy atom. The van der Waals surface area contributed by atoms with Gasteiger partial charge in [-0.05, 0) is 7.05 Å². The molecule has 1 rings (SSSR count). The summed E-state index contributed by atoms with van der Waals surface area (Å²) in [5, 5.41) is 0. The van der Waals surface area contributed by atoms with Gasteiger partial charge in [0.15, 0.2) is 0 Å². The molecule has 1 heterocycles. The third kappa shape index (κ3) is 3.15. The maximum atomic E-state index is 5.08. The van der Waals surface area contributed by atoms with Crippen LogP contribution in [0.1, 0.15) is 0 Å². The number of nitrogens with zero attached hydrogens (tertiary/aromatic N) is 1. The van der Waals surface area contributed by atoms with Crippen molar-refractivity contribution in [3.8, 4) is 0 Å². The average Bonchev–Trinajstić information content (AvgIpc) is 2.67. The zero-order valence-corrected chi connectivity index (χ0v) is 6.67. The van der Waals surface area contributed by atoms with Gasteiger partial charge in [0.05, 0.1) is 19.3 Å². The van der Waals surface area contributed by atoms with Crippen LogP contribution in [-0.4, -0.2) is 51.5 Å². The summed E-state index contributed by atoms with van der Waals surface area (Å²) < 4.78 is 10.0. The van der Waals surface area contributed by atoms with Crippen molar-refractivity contribution in [3.05, 3.63) is 0 Å². The van der Waals surface area contributed by atoms with E-state index in [1.807, 2.05) is 0 Å². The third-order valence-electron chi connectivity index (χ3n) is 1.59. The van der Waals surface area contributed by atoms with Crippen molar-refractivity contribution in [2.75, 3.05) is 40.5 Å². The monoisotopic (exact) mass is 145 g/mol. The molecule has 1 saturated heterocycles. The molecule has 0 aromatic heterocycles. The average molecular weight is 145 g/mol. The molecule has 0 N–H and O–H groups in total. The molecular formula is C7H15NO2. The van der Waals surface area contributed by atoms with Crippen molar-refractivity contribution in [3.63, 3.8) is 0 Å². The molecule has 0 aliphatic carbocycles. The van der Waals surface area contributed by atoms with E-state index in [1.165, 1.54) is 0 Å². The fourth-order valence-electron chi connectivity index (χ4n) is 0.859. The van der Waals surface area contributed by atoms with E-state index in [1.54, 1.807) is 7.11 Å². The summed E-state index contributed by atoms with van der Waals surface area (Å²) in [5.41, 5.74) is 0. The number of ether oxygens (including phenoxy) is 2. The molecule has 0 aromatic rings. The summed E-state index contributed by atoms with van der Waals surface area (Å²) in [5.74, 6) is 0. The Labute approximate surface area is 61.9 Å². The minimum atomic E-state index is 0.502. The summed E-state index contributed by atoms with van der Waals surface area (Å²) in [4.78, 5) is 2.22. The van der Waals surface area contributed by atoms with Gasteiger partial charge >= 0.3 is 0 Å². The fraction of sp³-hybridized carbons (Fsp3) is 1.00. The Kier molecular flexibility index (Phi) is 3.12. The highest BCUT2D eigenvalue weighted by Crippen LogP contribution is 2.08. The molecule has 0 saturated carbocycles. The molecule has 60 valence electrons. The molecule has 3 heteroatoms. The van der Waals surface area contributed by atoms with Gasteiger partial charge in [0.1, 0.15) is 0 Å². The summed E-state index contributed by atoms with van der Waals surface area (Å²) in [6.45, 7) is 3.79. The first kappa shape index (κ1) is 7.98. The molecule has 0 unspecified atom stereocenters. The summed E-state index contributed by atoms with van der Waals surface area (Å²) in [6.07, 6.45) is 0.502. The predicted molar refractivity (Wildman–Crippen MR) is 39.1 cm³/mol. The molecule has 0 radical (unpaired) electrons. The second-order valence-corrected chi connectivity index (χ2v) is 2.71. The van der Waals surface area contributed by atoms with Gasteiger partial charge in [-0.15, -0.1) is 0 Å². The molecule has 1 atom stereocenters. The van der Waals surface area contributed by atoms with E-state index >= 15 is 0 Å². The highest BCUT2D eigenvalue weighted by Gasteiger charge is 2.23. The van der Waals surface area contributed by atoms with Gasteiger partial charge in [0.25, 0.3) is 0 Å². The van der Waals surface area contributed by atoms with E-state index in [-0.39, 0.29) is 0 Å². The lowest BCUT2D eigenvalue weighted by atomic mass is 10.4. The Bertz CT molecular complexity index is 93.6. The topological polar surface area (TPSA) is 25.0 Å². The van der Waals surface area contributed by atoms with Crippen molar-refractivity contribution >= 4 is 0 Å². The molecule has 0 spiro atoms. The largest absolute Gasteiger partial charge is 0.383 e. The van der Waals surface area contributed by atoms with Crippen LogP contribution in [-0.2, 0) is 9.47 Å². The highest BCUT2D eigenvalue weighted by atomic mass is 16.6. The number of hydrogen-bond acceptors (Lipinski definition) is 3. The fourth-order valence-corrected chi connectivity index (χ4v) is 0.859. The van der Waals surface area contributed by atoms with Crippen LogP contribution in [0.25, 0.3) is 0 Å². The van der Waals surface area contributed by atoms with Crippen molar-refractivity contribution in [2.45, 2.75) is 6.10 Å². The number of hydrogen-bond donors (Lipinski definition) is 0. The first-order valence-corrected chi connectivity index (χ1v) is 3.62. The number of likely N-dealkylation sites (N-methyl/N-ethyl adjacent to an activating group) is 1. The lowest BCUT2D eigenvalue weighted by Crippen LogP contribution is -2.26. The molecule has 0 bridgehead atoms. The van der Waals surface area contributed by atoms with Crippen LogP contribution in [0.5, 0.6) is 0 Å². The highest BCUT2D eigenvalue weighted by molar-refractivity contribution is 4.72. The van der Waals surface area contributed by atoms with Crippen molar-refractivity contribution in [1.82, 2.24) is 4.90 Å². The maximum Gasteiger partial charge on any atom is 0.0936 e. The summed E-state index contributed by atoms with van der Waals surface area (Å²) in [7, 11) is 3.81. The predicted octanol–water partition coefficient (Wildman–Crippen LogP) is -0.0366. The minimum absolute atomic E-state index is 0.502. The normalized spacial score (nSPS) is 23.7. The van der Waals surface area contributed by atoms with Crippen molar-refractivity contribution < 1.29 is 9.47 Å². The first-order chi connectivity index (χ1) is 4.83. The van der Waals surface area contributed by atoms with E-state index in [0.29, 0.717) is 6.10 Å². The van der Waals surface area contributed by atoms with Gasteiger partial charge in [-0.1, -0.05) is 0 Å². The van der Waals surface area contributed by atoms with Gasteiger partial charge < -0.3 is 14.4 Å². The molecule has 1 aliphatic heterocycles. The van der Waals surface area contributed by atoms with E-state index < -0.39 is 0 Å². The standard InChI is InChI=1S/C7H15NO2/c1-8(3-4-9-2)5-7-6-10-7/h7H,3-6H2,1-2H3/t7-/m1/s1. The molecular weight excluding hydrogens is 130 g/mol. The lowest BCUT2D eigenvalue weighted by Gasteiger charge is -2.13. The van der Waals surface area contributed by atoms with Crippen LogP contribution < -0.4 is 0 Å². The quantitative estimate of drug-likeness (QED) is 0.508. The Morgan fingerprint density at radius 1 is 1.70 bits per heavy atom. The van der Waals surface area contributed by atoms with Gasteiger partial charge in [-0.25, -0.2) is 0 Å². The molecule has 10 heavy (non-hydrogen) atoms. The van der Waals surface area contributed by atoms with Crippen LogP contribution >= 0.6 is 0 Å². The Morgan fingerprint density at radius 2 is 2.40 bits per heavy atom. The lowest BCUT2D eigenvalue weighted by molar-refractivity contribution is 0.156. The van der Waals surface area contributed by atoms with E-state index in [9.17, 15) is 0 Å². The minimum Gasteiger partial charge on any atom is -0.383 e. The Hall–Kier alpha value is -0.120. The van der Waals surface area contributed by atoms with Crippen LogP contribution in [0.4, 0.5) is 0 Å². The molecule has 0 aromatic carbocycles. The Balaban J connectivity index is 1.91. The maximum absolute atomic E-state index is 5.08. The van der Waals surface area contributed by atoms with E-state index in [4.69, 9.17) is 9.47 Å². The molecule has 3 nitrogen and oxygen atoms in total. The second-order valence-electron chi connectivity index (χ2n) is 2.71. The van der Waals surface area contributed by atoms with Gasteiger partial charge in [-0.2, -0.15) is 0 Å².